The topological polar surface area (TPSA) is 78.4 Å². The highest BCUT2D eigenvalue weighted by Gasteiger charge is 2.20. The predicted octanol–water partition coefficient (Wildman–Crippen LogP) is 3.84. The van der Waals surface area contributed by atoms with Crippen molar-refractivity contribution in [2.75, 3.05) is 11.9 Å². The third-order valence-corrected chi connectivity index (χ3v) is 3.82. The number of carboxylic acid groups (broad SMARTS) is 1. The van der Waals surface area contributed by atoms with E-state index in [0.29, 0.717) is 18.2 Å². The Kier molecular flexibility index (Phi) is 5.61. The summed E-state index contributed by atoms with van der Waals surface area (Å²) < 4.78 is 0. The van der Waals surface area contributed by atoms with Crippen LogP contribution >= 0.6 is 11.6 Å². The molecule has 1 aromatic rings. The molecule has 116 valence electrons. The average Bonchev–Trinajstić information content (AvgIpc) is 2.36. The summed E-state index contributed by atoms with van der Waals surface area (Å²) in [6, 6.07) is 3.80. The summed E-state index contributed by atoms with van der Waals surface area (Å²) in [5, 5.41) is 14.4. The summed E-state index contributed by atoms with van der Waals surface area (Å²) in [5.74, 6) is -0.750. The number of carbonyl (C=O) groups excluding carboxylic acids is 1. The number of benzene rings is 1. The lowest BCUT2D eigenvalue weighted by Gasteiger charge is -2.27. The molecule has 1 atom stereocenters. The molecule has 1 unspecified atom stereocenters. The Morgan fingerprint density at radius 1 is 1.33 bits per heavy atom. The highest BCUT2D eigenvalue weighted by Crippen LogP contribution is 2.25. The molecule has 0 aromatic heterocycles. The number of rotatable bonds is 4. The van der Waals surface area contributed by atoms with Crippen LogP contribution in [0.25, 0.3) is 0 Å². The van der Waals surface area contributed by atoms with Gasteiger partial charge in [-0.25, -0.2) is 9.59 Å². The van der Waals surface area contributed by atoms with Gasteiger partial charge in [0, 0.05) is 6.54 Å². The van der Waals surface area contributed by atoms with Crippen molar-refractivity contribution in [1.82, 2.24) is 5.32 Å². The van der Waals surface area contributed by atoms with Crippen LogP contribution in [-0.2, 0) is 0 Å². The number of carboxylic acids is 1. The van der Waals surface area contributed by atoms with Crippen LogP contribution < -0.4 is 10.6 Å². The van der Waals surface area contributed by atoms with Crippen molar-refractivity contribution in [3.05, 3.63) is 28.8 Å². The quantitative estimate of drug-likeness (QED) is 0.790. The molecule has 0 aliphatic heterocycles. The molecule has 3 N–H and O–H groups in total. The minimum Gasteiger partial charge on any atom is -0.478 e. The smallest absolute Gasteiger partial charge is 0.335 e. The number of urea groups is 1. The van der Waals surface area contributed by atoms with E-state index >= 15 is 0 Å². The molecule has 0 bridgehead atoms. The maximum Gasteiger partial charge on any atom is 0.335 e. The standard InChI is InChI=1S/C15H21ClN2O3/c1-9(15(2,3)4)8-17-14(21)18-12-6-5-10(13(19)20)7-11(12)16/h5-7,9H,8H2,1-4H3,(H,19,20)(H2,17,18,21). The van der Waals surface area contributed by atoms with Crippen LogP contribution in [0.3, 0.4) is 0 Å². The molecule has 5 nitrogen and oxygen atoms in total. The maximum absolute atomic E-state index is 11.8. The Morgan fingerprint density at radius 2 is 1.95 bits per heavy atom. The monoisotopic (exact) mass is 312 g/mol. The van der Waals surface area contributed by atoms with E-state index in [0.717, 1.165) is 0 Å². The Bertz CT molecular complexity index is 538. The third kappa shape index (κ3) is 5.27. The summed E-state index contributed by atoms with van der Waals surface area (Å²) in [7, 11) is 0. The summed E-state index contributed by atoms with van der Waals surface area (Å²) in [4.78, 5) is 22.6. The number of nitrogens with one attached hydrogen (secondary N) is 2. The van der Waals surface area contributed by atoms with Gasteiger partial charge in [0.25, 0.3) is 0 Å². The lowest BCUT2D eigenvalue weighted by Crippen LogP contribution is -2.36. The van der Waals surface area contributed by atoms with Crippen LogP contribution in [0, 0.1) is 11.3 Å². The third-order valence-electron chi connectivity index (χ3n) is 3.51. The van der Waals surface area contributed by atoms with Gasteiger partial charge in [0.15, 0.2) is 0 Å². The molecule has 1 aromatic carbocycles. The van der Waals surface area contributed by atoms with Crippen LogP contribution in [0.4, 0.5) is 10.5 Å². The lowest BCUT2D eigenvalue weighted by molar-refractivity contribution is 0.0697. The number of amides is 2. The number of carbonyl (C=O) groups is 2. The molecule has 0 saturated heterocycles. The van der Waals surface area contributed by atoms with Crippen LogP contribution in [0.15, 0.2) is 18.2 Å². The molecule has 21 heavy (non-hydrogen) atoms. The molecule has 2 amide bonds. The van der Waals surface area contributed by atoms with Crippen LogP contribution in [0.1, 0.15) is 38.1 Å². The van der Waals surface area contributed by atoms with Gasteiger partial charge in [0.2, 0.25) is 0 Å². The van der Waals surface area contributed by atoms with Gasteiger partial charge in [-0.15, -0.1) is 0 Å². The van der Waals surface area contributed by atoms with Crippen molar-refractivity contribution in [2.24, 2.45) is 11.3 Å². The molecule has 0 saturated carbocycles. The average molecular weight is 313 g/mol. The Hall–Kier alpha value is -1.75. The number of halogens is 1. The number of hydrogen-bond donors (Lipinski definition) is 3. The Labute approximate surface area is 129 Å². The molecule has 0 aliphatic carbocycles. The minimum absolute atomic E-state index is 0.0762. The first-order chi connectivity index (χ1) is 9.61. The first-order valence-electron chi connectivity index (χ1n) is 6.69. The van der Waals surface area contributed by atoms with Gasteiger partial charge >= 0.3 is 12.0 Å². The van der Waals surface area contributed by atoms with Gasteiger partial charge in [0.1, 0.15) is 0 Å². The lowest BCUT2D eigenvalue weighted by atomic mass is 9.82. The van der Waals surface area contributed by atoms with Crippen LogP contribution in [0.5, 0.6) is 0 Å². The van der Waals surface area contributed by atoms with E-state index in [4.69, 9.17) is 16.7 Å². The van der Waals surface area contributed by atoms with Crippen LogP contribution in [0.2, 0.25) is 5.02 Å². The van der Waals surface area contributed by atoms with Gasteiger partial charge in [-0.05, 0) is 29.5 Å². The second-order valence-corrected chi connectivity index (χ2v) is 6.51. The van der Waals surface area contributed by atoms with E-state index in [9.17, 15) is 9.59 Å². The summed E-state index contributed by atoms with van der Waals surface area (Å²) in [6.07, 6.45) is 0. The Morgan fingerprint density at radius 3 is 2.43 bits per heavy atom. The zero-order valence-corrected chi connectivity index (χ0v) is 13.4. The second-order valence-electron chi connectivity index (χ2n) is 6.10. The maximum atomic E-state index is 11.8. The van der Waals surface area contributed by atoms with Crippen molar-refractivity contribution in [3.8, 4) is 0 Å². The second kappa shape index (κ2) is 6.80. The van der Waals surface area contributed by atoms with Gasteiger partial charge in [0.05, 0.1) is 16.3 Å². The highest BCUT2D eigenvalue weighted by atomic mass is 35.5. The molecule has 0 aliphatic rings. The SMILES string of the molecule is CC(CNC(=O)Nc1ccc(C(=O)O)cc1Cl)C(C)(C)C. The molecule has 0 spiro atoms. The van der Waals surface area contributed by atoms with Crippen molar-refractivity contribution >= 4 is 29.3 Å². The molecule has 0 heterocycles. The van der Waals surface area contributed by atoms with Gasteiger partial charge in [-0.2, -0.15) is 0 Å². The van der Waals surface area contributed by atoms with E-state index in [1.807, 2.05) is 0 Å². The zero-order chi connectivity index (χ0) is 16.2. The van der Waals surface area contributed by atoms with Crippen molar-refractivity contribution in [3.63, 3.8) is 0 Å². The Balaban J connectivity index is 2.62. The minimum atomic E-state index is -1.06. The van der Waals surface area contributed by atoms with Crippen LogP contribution in [-0.4, -0.2) is 23.7 Å². The van der Waals surface area contributed by atoms with Crippen molar-refractivity contribution in [1.29, 1.82) is 0 Å². The van der Waals surface area contributed by atoms with E-state index < -0.39 is 5.97 Å². The zero-order valence-electron chi connectivity index (χ0n) is 12.7. The highest BCUT2D eigenvalue weighted by molar-refractivity contribution is 6.34. The summed E-state index contributed by atoms with van der Waals surface area (Å²) >= 11 is 5.95. The van der Waals surface area contributed by atoms with Crippen molar-refractivity contribution < 1.29 is 14.7 Å². The number of hydrogen-bond acceptors (Lipinski definition) is 2. The van der Waals surface area contributed by atoms with E-state index in [2.05, 4.69) is 38.3 Å². The molecule has 1 rings (SSSR count). The van der Waals surface area contributed by atoms with Crippen molar-refractivity contribution in [2.45, 2.75) is 27.7 Å². The molecule has 0 fully saturated rings. The molecular weight excluding hydrogens is 292 g/mol. The first-order valence-corrected chi connectivity index (χ1v) is 7.06. The first kappa shape index (κ1) is 17.3. The van der Waals surface area contributed by atoms with E-state index in [1.54, 1.807) is 0 Å². The van der Waals surface area contributed by atoms with Gasteiger partial charge in [-0.1, -0.05) is 39.3 Å². The summed E-state index contributed by atoms with van der Waals surface area (Å²) in [5.41, 5.74) is 0.559. The normalized spacial score (nSPS) is 12.6. The molecular formula is C15H21ClN2O3. The number of aromatic carboxylic acids is 1. The molecule has 6 heteroatoms. The fourth-order valence-corrected chi connectivity index (χ4v) is 1.70. The predicted molar refractivity (Wildman–Crippen MR) is 84.1 cm³/mol. The fourth-order valence-electron chi connectivity index (χ4n) is 1.47. The van der Waals surface area contributed by atoms with E-state index in [1.165, 1.54) is 18.2 Å². The van der Waals surface area contributed by atoms with E-state index in [-0.39, 0.29) is 22.0 Å². The van der Waals surface area contributed by atoms with Gasteiger partial charge < -0.3 is 15.7 Å². The molecule has 0 radical (unpaired) electrons. The van der Waals surface area contributed by atoms with Gasteiger partial charge in [-0.3, -0.25) is 0 Å². The number of anilines is 1. The summed E-state index contributed by atoms with van der Waals surface area (Å²) in [6.45, 7) is 8.94. The largest absolute Gasteiger partial charge is 0.478 e. The fraction of sp³-hybridized carbons (Fsp3) is 0.467.